The van der Waals surface area contributed by atoms with Gasteiger partial charge in [0, 0.05) is 11.7 Å². The molecular weight excluding hydrogens is 262 g/mol. The molecule has 4 nitrogen and oxygen atoms in total. The smallest absolute Gasteiger partial charge is 0.254 e. The maximum Gasteiger partial charge on any atom is 0.254 e. The van der Waals surface area contributed by atoms with Gasteiger partial charge >= 0.3 is 0 Å². The van der Waals surface area contributed by atoms with Crippen molar-refractivity contribution in [2.75, 3.05) is 0 Å². The first kappa shape index (κ1) is 13.9. The van der Waals surface area contributed by atoms with E-state index in [1.54, 1.807) is 6.20 Å². The second-order valence-electron chi connectivity index (χ2n) is 5.84. The van der Waals surface area contributed by atoms with Gasteiger partial charge in [0.2, 0.25) is 0 Å². The van der Waals surface area contributed by atoms with Crippen molar-refractivity contribution in [2.24, 2.45) is 0 Å². The molecule has 1 amide bonds. The molecule has 1 aliphatic rings. The molecule has 2 aromatic rings. The van der Waals surface area contributed by atoms with E-state index in [-0.39, 0.29) is 11.9 Å². The highest BCUT2D eigenvalue weighted by Crippen LogP contribution is 2.32. The zero-order valence-corrected chi connectivity index (χ0v) is 12.3. The van der Waals surface area contributed by atoms with Crippen LogP contribution >= 0.6 is 0 Å². The third kappa shape index (κ3) is 3.15. The van der Waals surface area contributed by atoms with Gasteiger partial charge in [0.1, 0.15) is 0 Å². The van der Waals surface area contributed by atoms with Gasteiger partial charge < -0.3 is 5.32 Å². The molecule has 2 N–H and O–H groups in total. The molecule has 0 aliphatic heterocycles. The van der Waals surface area contributed by atoms with Gasteiger partial charge in [0.05, 0.1) is 11.8 Å². The van der Waals surface area contributed by atoms with Gasteiger partial charge in [0.25, 0.3) is 5.91 Å². The lowest BCUT2D eigenvalue weighted by atomic mass is 9.82. The molecule has 0 bridgehead atoms. The summed E-state index contributed by atoms with van der Waals surface area (Å²) in [4.78, 5) is 12.2. The van der Waals surface area contributed by atoms with Crippen LogP contribution in [-0.2, 0) is 0 Å². The zero-order chi connectivity index (χ0) is 14.7. The van der Waals surface area contributed by atoms with Gasteiger partial charge in [-0.15, -0.1) is 0 Å². The van der Waals surface area contributed by atoms with Gasteiger partial charge in [0.15, 0.2) is 0 Å². The third-order valence-corrected chi connectivity index (χ3v) is 4.41. The number of rotatable bonds is 3. The first-order valence-electron chi connectivity index (χ1n) is 7.60. The van der Waals surface area contributed by atoms with Gasteiger partial charge in [-0.05, 0) is 44.1 Å². The molecule has 21 heavy (non-hydrogen) atoms. The predicted octanol–water partition coefficient (Wildman–Crippen LogP) is 3.17. The topological polar surface area (TPSA) is 57.8 Å². The highest BCUT2D eigenvalue weighted by Gasteiger charge is 2.24. The number of aryl methyl sites for hydroxylation is 1. The van der Waals surface area contributed by atoms with Crippen molar-refractivity contribution in [1.82, 2.24) is 15.5 Å². The zero-order valence-electron chi connectivity index (χ0n) is 12.3. The van der Waals surface area contributed by atoms with E-state index in [4.69, 9.17) is 0 Å². The van der Waals surface area contributed by atoms with Crippen molar-refractivity contribution in [3.63, 3.8) is 0 Å². The molecule has 3 rings (SSSR count). The second-order valence-corrected chi connectivity index (χ2v) is 5.84. The van der Waals surface area contributed by atoms with E-state index in [0.29, 0.717) is 11.5 Å². The normalized spacial score (nSPS) is 22.0. The molecule has 1 heterocycles. The van der Waals surface area contributed by atoms with Crippen LogP contribution in [0.5, 0.6) is 0 Å². The predicted molar refractivity (Wildman–Crippen MR) is 82.2 cm³/mol. The fraction of sp³-hybridized carbons (Fsp3) is 0.412. The Balaban J connectivity index is 1.55. The number of benzene rings is 1. The summed E-state index contributed by atoms with van der Waals surface area (Å²) in [7, 11) is 0. The Morgan fingerprint density at radius 3 is 2.52 bits per heavy atom. The number of aromatic amines is 1. The van der Waals surface area contributed by atoms with E-state index in [9.17, 15) is 4.79 Å². The van der Waals surface area contributed by atoms with Gasteiger partial charge in [-0.2, -0.15) is 5.10 Å². The average molecular weight is 283 g/mol. The summed E-state index contributed by atoms with van der Waals surface area (Å²) in [5, 5.41) is 9.84. The molecular formula is C17H21N3O. The van der Waals surface area contributed by atoms with E-state index in [0.717, 1.165) is 31.4 Å². The summed E-state index contributed by atoms with van der Waals surface area (Å²) in [6, 6.07) is 11.0. The summed E-state index contributed by atoms with van der Waals surface area (Å²) < 4.78 is 0. The van der Waals surface area contributed by atoms with Crippen molar-refractivity contribution in [2.45, 2.75) is 44.6 Å². The SMILES string of the molecule is Cc1[nH]ncc1C(=O)NC1CCC(c2ccccc2)CC1. The molecule has 0 saturated heterocycles. The van der Waals surface area contributed by atoms with Crippen LogP contribution in [0.2, 0.25) is 0 Å². The minimum atomic E-state index is -0.00980. The van der Waals surface area contributed by atoms with Crippen LogP contribution in [0.25, 0.3) is 0 Å². The van der Waals surface area contributed by atoms with E-state index in [1.165, 1.54) is 5.56 Å². The van der Waals surface area contributed by atoms with Crippen LogP contribution in [0, 0.1) is 6.92 Å². The molecule has 1 fully saturated rings. The van der Waals surface area contributed by atoms with E-state index in [1.807, 2.05) is 6.92 Å². The number of aromatic nitrogens is 2. The van der Waals surface area contributed by atoms with Crippen LogP contribution in [-0.4, -0.2) is 22.1 Å². The monoisotopic (exact) mass is 283 g/mol. The first-order valence-corrected chi connectivity index (χ1v) is 7.60. The van der Waals surface area contributed by atoms with Gasteiger partial charge in [-0.1, -0.05) is 30.3 Å². The maximum atomic E-state index is 12.2. The number of hydrogen-bond acceptors (Lipinski definition) is 2. The molecule has 0 atom stereocenters. The van der Waals surface area contributed by atoms with E-state index < -0.39 is 0 Å². The van der Waals surface area contributed by atoms with Crippen molar-refractivity contribution < 1.29 is 4.79 Å². The van der Waals surface area contributed by atoms with Gasteiger partial charge in [-0.3, -0.25) is 9.89 Å². The number of nitrogens with zero attached hydrogens (tertiary/aromatic N) is 1. The highest BCUT2D eigenvalue weighted by molar-refractivity contribution is 5.95. The second kappa shape index (κ2) is 6.12. The molecule has 0 spiro atoms. The summed E-state index contributed by atoms with van der Waals surface area (Å²) >= 11 is 0. The lowest BCUT2D eigenvalue weighted by molar-refractivity contribution is 0.0925. The fourth-order valence-electron chi connectivity index (χ4n) is 3.14. The number of H-pyrrole nitrogens is 1. The summed E-state index contributed by atoms with van der Waals surface area (Å²) in [6.45, 7) is 1.87. The highest BCUT2D eigenvalue weighted by atomic mass is 16.1. The lowest BCUT2D eigenvalue weighted by Crippen LogP contribution is -2.37. The Kier molecular flexibility index (Phi) is 4.04. The van der Waals surface area contributed by atoms with Crippen LogP contribution in [0.1, 0.15) is 53.2 Å². The molecule has 1 aromatic carbocycles. The van der Waals surface area contributed by atoms with Crippen molar-refractivity contribution >= 4 is 5.91 Å². The third-order valence-electron chi connectivity index (χ3n) is 4.41. The summed E-state index contributed by atoms with van der Waals surface area (Å²) in [5.41, 5.74) is 2.90. The average Bonchev–Trinajstić information content (AvgIpc) is 2.95. The summed E-state index contributed by atoms with van der Waals surface area (Å²) in [5.74, 6) is 0.624. The Morgan fingerprint density at radius 2 is 1.90 bits per heavy atom. The van der Waals surface area contributed by atoms with Crippen molar-refractivity contribution in [3.05, 3.63) is 53.3 Å². The number of hydrogen-bond donors (Lipinski definition) is 2. The maximum absolute atomic E-state index is 12.2. The van der Waals surface area contributed by atoms with Gasteiger partial charge in [-0.25, -0.2) is 0 Å². The number of carbonyl (C=O) groups is 1. The standard InChI is InChI=1S/C17H21N3O/c1-12-16(11-18-20-12)17(21)19-15-9-7-14(8-10-15)13-5-3-2-4-6-13/h2-6,11,14-15H,7-10H2,1H3,(H,18,20)(H,19,21). The minimum absolute atomic E-state index is 0.00980. The Hall–Kier alpha value is -2.10. The molecule has 0 radical (unpaired) electrons. The van der Waals surface area contributed by atoms with Crippen molar-refractivity contribution in [3.8, 4) is 0 Å². The number of nitrogens with one attached hydrogen (secondary N) is 2. The van der Waals surface area contributed by atoms with Crippen molar-refractivity contribution in [1.29, 1.82) is 0 Å². The fourth-order valence-corrected chi connectivity index (χ4v) is 3.14. The molecule has 4 heteroatoms. The molecule has 1 aromatic heterocycles. The molecule has 0 unspecified atom stereocenters. The van der Waals surface area contributed by atoms with Crippen LogP contribution in [0.4, 0.5) is 0 Å². The van der Waals surface area contributed by atoms with E-state index in [2.05, 4.69) is 45.8 Å². The number of carbonyl (C=O) groups excluding carboxylic acids is 1. The van der Waals surface area contributed by atoms with E-state index >= 15 is 0 Å². The first-order chi connectivity index (χ1) is 10.2. The summed E-state index contributed by atoms with van der Waals surface area (Å²) in [6.07, 6.45) is 5.96. The van der Waals surface area contributed by atoms with Crippen LogP contribution < -0.4 is 5.32 Å². The number of amides is 1. The molecule has 1 saturated carbocycles. The lowest BCUT2D eigenvalue weighted by Gasteiger charge is -2.29. The molecule has 1 aliphatic carbocycles. The Labute approximate surface area is 125 Å². The van der Waals surface area contributed by atoms with Crippen LogP contribution in [0.15, 0.2) is 36.5 Å². The largest absolute Gasteiger partial charge is 0.349 e. The Bertz CT molecular complexity index is 598. The minimum Gasteiger partial charge on any atom is -0.349 e. The molecule has 110 valence electrons. The quantitative estimate of drug-likeness (QED) is 0.909. The Morgan fingerprint density at radius 1 is 1.19 bits per heavy atom. The van der Waals surface area contributed by atoms with Crippen LogP contribution in [0.3, 0.4) is 0 Å².